The van der Waals surface area contributed by atoms with Gasteiger partial charge in [0.2, 0.25) is 0 Å². The van der Waals surface area contributed by atoms with Gasteiger partial charge in [-0.3, -0.25) is 0 Å². The summed E-state index contributed by atoms with van der Waals surface area (Å²) in [5.41, 5.74) is 0. The first-order valence-electron chi connectivity index (χ1n) is 12.7. The highest BCUT2D eigenvalue weighted by atomic mass is 16.5. The van der Waals surface area contributed by atoms with Gasteiger partial charge in [0, 0.05) is 6.54 Å². The standard InChI is InChI=1S/C25H51NO2/c1-3-5-7-9-10-11-12-13-14-15-16-17-18-19-20-21-23-26-25(27)28-24-22-8-6-4-2/h3-24H2,1-2H3,(H,26,27). The minimum absolute atomic E-state index is 0.238. The van der Waals surface area contributed by atoms with E-state index in [1.54, 1.807) is 0 Å². The lowest BCUT2D eigenvalue weighted by molar-refractivity contribution is 0.143. The van der Waals surface area contributed by atoms with E-state index >= 15 is 0 Å². The number of rotatable bonds is 22. The summed E-state index contributed by atoms with van der Waals surface area (Å²) in [4.78, 5) is 11.5. The van der Waals surface area contributed by atoms with Crippen LogP contribution in [0.1, 0.15) is 142 Å². The van der Waals surface area contributed by atoms with Crippen LogP contribution in [-0.4, -0.2) is 19.2 Å². The normalized spacial score (nSPS) is 10.9. The van der Waals surface area contributed by atoms with Crippen molar-refractivity contribution in [1.82, 2.24) is 5.32 Å². The summed E-state index contributed by atoms with van der Waals surface area (Å²) < 4.78 is 5.17. The maximum absolute atomic E-state index is 11.5. The summed E-state index contributed by atoms with van der Waals surface area (Å²) >= 11 is 0. The molecule has 168 valence electrons. The molecule has 0 aromatic carbocycles. The smallest absolute Gasteiger partial charge is 0.407 e. The van der Waals surface area contributed by atoms with E-state index in [0.29, 0.717) is 6.61 Å². The monoisotopic (exact) mass is 397 g/mol. The van der Waals surface area contributed by atoms with E-state index in [4.69, 9.17) is 4.74 Å². The van der Waals surface area contributed by atoms with Crippen molar-refractivity contribution in [3.63, 3.8) is 0 Å². The minimum Gasteiger partial charge on any atom is -0.450 e. The van der Waals surface area contributed by atoms with Gasteiger partial charge in [-0.2, -0.15) is 0 Å². The van der Waals surface area contributed by atoms with Gasteiger partial charge in [0.1, 0.15) is 0 Å². The summed E-state index contributed by atoms with van der Waals surface area (Å²) in [6, 6.07) is 0. The number of ether oxygens (including phenoxy) is 1. The van der Waals surface area contributed by atoms with Crippen molar-refractivity contribution in [3.05, 3.63) is 0 Å². The van der Waals surface area contributed by atoms with Crippen molar-refractivity contribution in [2.45, 2.75) is 142 Å². The van der Waals surface area contributed by atoms with Crippen LogP contribution in [0.2, 0.25) is 0 Å². The third-order valence-electron chi connectivity index (χ3n) is 5.53. The van der Waals surface area contributed by atoms with Gasteiger partial charge in [-0.25, -0.2) is 4.79 Å². The van der Waals surface area contributed by atoms with Gasteiger partial charge < -0.3 is 10.1 Å². The van der Waals surface area contributed by atoms with Crippen molar-refractivity contribution in [1.29, 1.82) is 0 Å². The van der Waals surface area contributed by atoms with Crippen molar-refractivity contribution in [3.8, 4) is 0 Å². The predicted molar refractivity (Wildman–Crippen MR) is 123 cm³/mol. The molecule has 0 unspecified atom stereocenters. The molecule has 3 nitrogen and oxygen atoms in total. The molecule has 1 N–H and O–H groups in total. The van der Waals surface area contributed by atoms with E-state index in [1.165, 1.54) is 109 Å². The molecule has 3 heteroatoms. The zero-order valence-corrected chi connectivity index (χ0v) is 19.4. The number of hydrogen-bond donors (Lipinski definition) is 1. The van der Waals surface area contributed by atoms with Crippen LogP contribution in [0, 0.1) is 0 Å². The van der Waals surface area contributed by atoms with E-state index in [0.717, 1.165) is 25.8 Å². The second-order valence-corrected chi connectivity index (χ2v) is 8.43. The molecular weight excluding hydrogens is 346 g/mol. The molecule has 0 radical (unpaired) electrons. The molecule has 0 rings (SSSR count). The fourth-order valence-corrected chi connectivity index (χ4v) is 3.61. The van der Waals surface area contributed by atoms with Crippen LogP contribution in [-0.2, 0) is 4.74 Å². The Kier molecular flexibility index (Phi) is 23.7. The van der Waals surface area contributed by atoms with Gasteiger partial charge in [0.25, 0.3) is 0 Å². The first-order chi connectivity index (χ1) is 13.8. The van der Waals surface area contributed by atoms with Crippen LogP contribution in [0.3, 0.4) is 0 Å². The Bertz CT molecular complexity index is 307. The molecule has 0 aromatic rings. The molecule has 28 heavy (non-hydrogen) atoms. The maximum atomic E-state index is 11.5. The molecule has 0 bridgehead atoms. The average Bonchev–Trinajstić information content (AvgIpc) is 2.70. The predicted octanol–water partition coefficient (Wildman–Crippen LogP) is 8.55. The van der Waals surface area contributed by atoms with Crippen LogP contribution in [0.25, 0.3) is 0 Å². The van der Waals surface area contributed by atoms with Crippen LogP contribution in [0.4, 0.5) is 4.79 Å². The quantitative estimate of drug-likeness (QED) is 0.186. The number of carbonyl (C=O) groups excluding carboxylic acids is 1. The molecule has 0 fully saturated rings. The van der Waals surface area contributed by atoms with Crippen molar-refractivity contribution >= 4 is 6.09 Å². The Hall–Kier alpha value is -0.730. The summed E-state index contributed by atoms with van der Waals surface area (Å²) in [6.07, 6.45) is 26.3. The molecule has 1 amide bonds. The highest BCUT2D eigenvalue weighted by molar-refractivity contribution is 5.66. The number of unbranched alkanes of at least 4 members (excludes halogenated alkanes) is 18. The molecule has 0 saturated heterocycles. The first-order valence-corrected chi connectivity index (χ1v) is 12.7. The van der Waals surface area contributed by atoms with Gasteiger partial charge in [0.15, 0.2) is 0 Å². The Morgan fingerprint density at radius 3 is 1.32 bits per heavy atom. The molecule has 0 aliphatic rings. The fraction of sp³-hybridized carbons (Fsp3) is 0.960. The van der Waals surface area contributed by atoms with Crippen molar-refractivity contribution < 1.29 is 9.53 Å². The van der Waals surface area contributed by atoms with E-state index in [1.807, 2.05) is 0 Å². The molecule has 0 saturated carbocycles. The number of alkyl carbamates (subject to hydrolysis) is 1. The molecule has 0 heterocycles. The second-order valence-electron chi connectivity index (χ2n) is 8.43. The molecule has 0 aliphatic heterocycles. The highest BCUT2D eigenvalue weighted by Crippen LogP contribution is 2.13. The third-order valence-corrected chi connectivity index (χ3v) is 5.53. The van der Waals surface area contributed by atoms with E-state index in [-0.39, 0.29) is 6.09 Å². The highest BCUT2D eigenvalue weighted by Gasteiger charge is 2.00. The first kappa shape index (κ1) is 27.3. The Morgan fingerprint density at radius 2 is 0.893 bits per heavy atom. The van der Waals surface area contributed by atoms with Crippen LogP contribution in [0.15, 0.2) is 0 Å². The van der Waals surface area contributed by atoms with Crippen LogP contribution in [0.5, 0.6) is 0 Å². The lowest BCUT2D eigenvalue weighted by atomic mass is 10.0. The Morgan fingerprint density at radius 1 is 0.536 bits per heavy atom. The zero-order valence-electron chi connectivity index (χ0n) is 19.4. The minimum atomic E-state index is -0.238. The Balaban J connectivity index is 3.09. The summed E-state index contributed by atoms with van der Waals surface area (Å²) in [5.74, 6) is 0. The SMILES string of the molecule is CCCCCCCCCCCCCCCCCCNC(=O)OCCCCCC. The maximum Gasteiger partial charge on any atom is 0.407 e. The van der Waals surface area contributed by atoms with Crippen LogP contribution < -0.4 is 5.32 Å². The largest absolute Gasteiger partial charge is 0.450 e. The topological polar surface area (TPSA) is 38.3 Å². The van der Waals surface area contributed by atoms with Crippen molar-refractivity contribution in [2.75, 3.05) is 13.2 Å². The molecule has 0 aliphatic carbocycles. The molecule has 0 aromatic heterocycles. The van der Waals surface area contributed by atoms with E-state index < -0.39 is 0 Å². The lowest BCUT2D eigenvalue weighted by Crippen LogP contribution is -2.25. The van der Waals surface area contributed by atoms with Gasteiger partial charge in [-0.05, 0) is 12.8 Å². The van der Waals surface area contributed by atoms with Crippen LogP contribution >= 0.6 is 0 Å². The van der Waals surface area contributed by atoms with Crippen molar-refractivity contribution in [2.24, 2.45) is 0 Å². The lowest BCUT2D eigenvalue weighted by Gasteiger charge is -2.07. The summed E-state index contributed by atoms with van der Waals surface area (Å²) in [6.45, 7) is 5.79. The van der Waals surface area contributed by atoms with Gasteiger partial charge in [0.05, 0.1) is 6.61 Å². The second kappa shape index (κ2) is 24.3. The average molecular weight is 398 g/mol. The number of nitrogens with one attached hydrogen (secondary N) is 1. The number of hydrogen-bond acceptors (Lipinski definition) is 2. The van der Waals surface area contributed by atoms with Gasteiger partial charge in [-0.1, -0.05) is 129 Å². The third kappa shape index (κ3) is 23.3. The van der Waals surface area contributed by atoms with Gasteiger partial charge in [-0.15, -0.1) is 0 Å². The molecule has 0 atom stereocenters. The molecular formula is C25H51NO2. The molecule has 0 spiro atoms. The van der Waals surface area contributed by atoms with E-state index in [2.05, 4.69) is 19.2 Å². The number of amides is 1. The summed E-state index contributed by atoms with van der Waals surface area (Å²) in [7, 11) is 0. The zero-order chi connectivity index (χ0) is 20.5. The van der Waals surface area contributed by atoms with E-state index in [9.17, 15) is 4.79 Å². The Labute approximate surface area is 176 Å². The van der Waals surface area contributed by atoms with Gasteiger partial charge >= 0.3 is 6.09 Å². The fourth-order valence-electron chi connectivity index (χ4n) is 3.61. The summed E-state index contributed by atoms with van der Waals surface area (Å²) in [5, 5.41) is 2.86. The number of carbonyl (C=O) groups is 1.